The third kappa shape index (κ3) is 4.62. The van der Waals surface area contributed by atoms with Gasteiger partial charge in [-0.25, -0.2) is 0 Å². The largest absolute Gasteiger partial charge is 0.352 e. The van der Waals surface area contributed by atoms with E-state index in [1.807, 2.05) is 7.05 Å². The maximum Gasteiger partial charge on any atom is 0.234 e. The highest BCUT2D eigenvalue weighted by molar-refractivity contribution is 5.86. The smallest absolute Gasteiger partial charge is 0.234 e. The van der Waals surface area contributed by atoms with Crippen LogP contribution >= 0.6 is 0 Å². The fraction of sp³-hybridized carbons (Fsp3) is 0.455. The lowest BCUT2D eigenvalue weighted by atomic mass is 10.0. The maximum atomic E-state index is 12.0. The third-order valence-electron chi connectivity index (χ3n) is 5.51. The van der Waals surface area contributed by atoms with Gasteiger partial charge in [0, 0.05) is 45.8 Å². The van der Waals surface area contributed by atoms with E-state index >= 15 is 0 Å². The van der Waals surface area contributed by atoms with Gasteiger partial charge in [-0.2, -0.15) is 0 Å². The summed E-state index contributed by atoms with van der Waals surface area (Å²) >= 11 is 0. The molecule has 0 bridgehead atoms. The van der Waals surface area contributed by atoms with Crippen LogP contribution in [-0.4, -0.2) is 67.5 Å². The summed E-state index contributed by atoms with van der Waals surface area (Å²) in [7, 11) is 1.83. The van der Waals surface area contributed by atoms with Crippen molar-refractivity contribution in [3.05, 3.63) is 48.0 Å². The zero-order valence-electron chi connectivity index (χ0n) is 16.5. The van der Waals surface area contributed by atoms with Crippen LogP contribution in [0.4, 0.5) is 0 Å². The zero-order chi connectivity index (χ0) is 19.3. The molecule has 1 heterocycles. The van der Waals surface area contributed by atoms with Crippen LogP contribution in [0.1, 0.15) is 18.4 Å². The number of nitrogens with zero attached hydrogens (tertiary/aromatic N) is 3. The van der Waals surface area contributed by atoms with Crippen LogP contribution in [0.2, 0.25) is 0 Å². The molecule has 0 radical (unpaired) electrons. The number of hydrogen-bond acceptors (Lipinski definition) is 3. The normalized spacial score (nSPS) is 18.3. The van der Waals surface area contributed by atoms with Crippen molar-refractivity contribution in [1.82, 2.24) is 20.4 Å². The number of amides is 1. The molecule has 28 heavy (non-hydrogen) atoms. The number of carbonyl (C=O) groups excluding carboxylic acids is 1. The molecule has 0 spiro atoms. The highest BCUT2D eigenvalue weighted by Crippen LogP contribution is 2.19. The van der Waals surface area contributed by atoms with E-state index in [0.717, 1.165) is 51.5 Å². The number of guanidine groups is 1. The van der Waals surface area contributed by atoms with Gasteiger partial charge in [0.2, 0.25) is 5.91 Å². The monoisotopic (exact) mass is 379 g/mol. The highest BCUT2D eigenvalue weighted by Gasteiger charge is 2.25. The Hall–Kier alpha value is -2.60. The van der Waals surface area contributed by atoms with Gasteiger partial charge in [-0.3, -0.25) is 14.7 Å². The molecule has 4 rings (SSSR count). The number of piperazine rings is 1. The van der Waals surface area contributed by atoms with E-state index in [9.17, 15) is 4.79 Å². The molecule has 0 aromatic heterocycles. The number of fused-ring (bicyclic) bond motifs is 1. The van der Waals surface area contributed by atoms with Gasteiger partial charge >= 0.3 is 0 Å². The molecule has 1 saturated heterocycles. The molecule has 1 aliphatic carbocycles. The third-order valence-corrected chi connectivity index (χ3v) is 5.51. The van der Waals surface area contributed by atoms with Crippen molar-refractivity contribution < 1.29 is 4.79 Å². The SMILES string of the molecule is CN=C(NCc1cccc2ccccc12)N1CCN(CC(=O)NC2CC2)CC1. The van der Waals surface area contributed by atoms with Crippen molar-refractivity contribution in [3.63, 3.8) is 0 Å². The number of aliphatic imine (C=N–C) groups is 1. The first kappa shape index (κ1) is 18.7. The van der Waals surface area contributed by atoms with Crippen molar-refractivity contribution in [3.8, 4) is 0 Å². The highest BCUT2D eigenvalue weighted by atomic mass is 16.2. The molecule has 2 aromatic rings. The number of hydrogen-bond donors (Lipinski definition) is 2. The lowest BCUT2D eigenvalue weighted by Gasteiger charge is -2.36. The minimum absolute atomic E-state index is 0.161. The summed E-state index contributed by atoms with van der Waals surface area (Å²) in [6.45, 7) is 4.78. The van der Waals surface area contributed by atoms with Gasteiger partial charge in [0.25, 0.3) is 0 Å². The lowest BCUT2D eigenvalue weighted by molar-refractivity contribution is -0.122. The molecule has 0 unspecified atom stereocenters. The van der Waals surface area contributed by atoms with Crippen molar-refractivity contribution in [2.24, 2.45) is 4.99 Å². The molecule has 2 fully saturated rings. The predicted octanol–water partition coefficient (Wildman–Crippen LogP) is 1.81. The first-order valence-electron chi connectivity index (χ1n) is 10.2. The fourth-order valence-electron chi connectivity index (χ4n) is 3.78. The Morgan fingerprint density at radius 3 is 2.57 bits per heavy atom. The van der Waals surface area contributed by atoms with Crippen LogP contribution in [0.5, 0.6) is 0 Å². The Balaban J connectivity index is 1.29. The fourth-order valence-corrected chi connectivity index (χ4v) is 3.78. The van der Waals surface area contributed by atoms with Crippen LogP contribution in [0.15, 0.2) is 47.5 Å². The Bertz CT molecular complexity index is 848. The van der Waals surface area contributed by atoms with E-state index in [0.29, 0.717) is 12.6 Å². The van der Waals surface area contributed by atoms with Crippen LogP contribution in [0.3, 0.4) is 0 Å². The summed E-state index contributed by atoms with van der Waals surface area (Å²) in [5.41, 5.74) is 1.27. The van der Waals surface area contributed by atoms with Crippen molar-refractivity contribution in [2.45, 2.75) is 25.4 Å². The Morgan fingerprint density at radius 1 is 1.07 bits per heavy atom. The average Bonchev–Trinajstić information content (AvgIpc) is 3.53. The van der Waals surface area contributed by atoms with E-state index in [4.69, 9.17) is 0 Å². The van der Waals surface area contributed by atoms with E-state index in [-0.39, 0.29) is 5.91 Å². The molecule has 148 valence electrons. The van der Waals surface area contributed by atoms with Crippen molar-refractivity contribution in [2.75, 3.05) is 39.8 Å². The van der Waals surface area contributed by atoms with Gasteiger partial charge in [-0.05, 0) is 29.2 Å². The van der Waals surface area contributed by atoms with Crippen molar-refractivity contribution >= 4 is 22.6 Å². The molecule has 1 amide bonds. The minimum Gasteiger partial charge on any atom is -0.352 e. The molecule has 6 nitrogen and oxygen atoms in total. The molecule has 1 saturated carbocycles. The van der Waals surface area contributed by atoms with Gasteiger partial charge in [-0.15, -0.1) is 0 Å². The molecule has 2 N–H and O–H groups in total. The standard InChI is InChI=1S/C22H29N5O/c1-23-22(24-15-18-7-4-6-17-5-2-3-8-20(17)18)27-13-11-26(12-14-27)16-21(28)25-19-9-10-19/h2-8,19H,9-16H2,1H3,(H,23,24)(H,25,28). The molecule has 2 aliphatic rings. The Morgan fingerprint density at radius 2 is 1.82 bits per heavy atom. The van der Waals surface area contributed by atoms with E-state index in [1.54, 1.807) is 0 Å². The average molecular weight is 380 g/mol. The maximum absolute atomic E-state index is 12.0. The second-order valence-corrected chi connectivity index (χ2v) is 7.64. The first-order valence-corrected chi connectivity index (χ1v) is 10.2. The van der Waals surface area contributed by atoms with Gasteiger partial charge in [-0.1, -0.05) is 42.5 Å². The quantitative estimate of drug-likeness (QED) is 0.615. The molecule has 2 aromatic carbocycles. The summed E-state index contributed by atoms with van der Waals surface area (Å²) < 4.78 is 0. The minimum atomic E-state index is 0.161. The topological polar surface area (TPSA) is 60.0 Å². The van der Waals surface area contributed by atoms with Gasteiger partial charge < -0.3 is 15.5 Å². The van der Waals surface area contributed by atoms with E-state index < -0.39 is 0 Å². The second kappa shape index (κ2) is 8.61. The lowest BCUT2D eigenvalue weighted by Crippen LogP contribution is -2.54. The molecule has 0 atom stereocenters. The Kier molecular flexibility index (Phi) is 5.76. The summed E-state index contributed by atoms with van der Waals surface area (Å²) in [5, 5.41) is 9.12. The number of rotatable bonds is 5. The van der Waals surface area contributed by atoms with Crippen molar-refractivity contribution in [1.29, 1.82) is 0 Å². The predicted molar refractivity (Wildman–Crippen MR) is 113 cm³/mol. The number of carbonyl (C=O) groups is 1. The summed E-state index contributed by atoms with van der Waals surface area (Å²) in [6, 6.07) is 15.3. The van der Waals surface area contributed by atoms with Crippen LogP contribution < -0.4 is 10.6 Å². The number of benzene rings is 2. The molecular weight excluding hydrogens is 350 g/mol. The van der Waals surface area contributed by atoms with Gasteiger partial charge in [0.05, 0.1) is 6.54 Å². The number of nitrogens with one attached hydrogen (secondary N) is 2. The molecule has 6 heteroatoms. The second-order valence-electron chi connectivity index (χ2n) is 7.64. The van der Waals surface area contributed by atoms with Crippen LogP contribution in [0, 0.1) is 0 Å². The van der Waals surface area contributed by atoms with Gasteiger partial charge in [0.15, 0.2) is 5.96 Å². The molecular formula is C22H29N5O. The Labute approximate surface area is 166 Å². The zero-order valence-corrected chi connectivity index (χ0v) is 16.5. The van der Waals surface area contributed by atoms with Crippen LogP contribution in [-0.2, 0) is 11.3 Å². The van der Waals surface area contributed by atoms with E-state index in [2.05, 4.69) is 67.9 Å². The summed E-state index contributed by atoms with van der Waals surface area (Å²) in [6.07, 6.45) is 2.27. The van der Waals surface area contributed by atoms with E-state index in [1.165, 1.54) is 16.3 Å². The summed E-state index contributed by atoms with van der Waals surface area (Å²) in [4.78, 5) is 21.0. The van der Waals surface area contributed by atoms with Crippen LogP contribution in [0.25, 0.3) is 10.8 Å². The molecule has 1 aliphatic heterocycles. The summed E-state index contributed by atoms with van der Waals surface area (Å²) in [5.74, 6) is 1.09. The van der Waals surface area contributed by atoms with Gasteiger partial charge in [0.1, 0.15) is 0 Å². The first-order chi connectivity index (χ1) is 13.7.